The third-order valence-corrected chi connectivity index (χ3v) is 3.36. The van der Waals surface area contributed by atoms with Gasteiger partial charge in [0.15, 0.2) is 11.2 Å². The number of aliphatic hydroxyl groups excluding tert-OH is 1. The number of hydrogen-bond acceptors (Lipinski definition) is 5. The van der Waals surface area contributed by atoms with Gasteiger partial charge in [-0.3, -0.25) is 0 Å². The number of nitrogens with one attached hydrogen (secondary N) is 1. The first kappa shape index (κ1) is 10.5. The number of hydrogen-bond donors (Lipinski definition) is 3. The molecule has 1 aliphatic heterocycles. The molecule has 7 heteroatoms. The second-order valence-electron chi connectivity index (χ2n) is 3.14. The first-order valence-corrected chi connectivity index (χ1v) is 5.43. The number of anilines is 1. The van der Waals surface area contributed by atoms with Gasteiger partial charge in [-0.15, -0.1) is 0 Å². The fraction of sp³-hybridized carbons (Fsp3) is 0.500. The van der Waals surface area contributed by atoms with E-state index in [0.717, 1.165) is 0 Å². The zero-order chi connectivity index (χ0) is 10.8. The van der Waals surface area contributed by atoms with Crippen LogP contribution >= 0.6 is 11.8 Å². The molecule has 2 rings (SSSR count). The highest BCUT2D eigenvalue weighted by Gasteiger charge is 2.31. The number of H-pyrrole nitrogens is 1. The van der Waals surface area contributed by atoms with Crippen molar-refractivity contribution in [1.82, 2.24) is 4.98 Å². The van der Waals surface area contributed by atoms with Crippen LogP contribution in [0.25, 0.3) is 0 Å². The first-order valence-electron chi connectivity index (χ1n) is 4.48. The lowest BCUT2D eigenvalue weighted by Gasteiger charge is -2.04. The number of nitrogen functional groups attached to an aromatic ring is 1. The predicted molar refractivity (Wildman–Crippen MR) is 55.1 cm³/mol. The van der Waals surface area contributed by atoms with Crippen LogP contribution in [0.5, 0.6) is 0 Å². The molecule has 2 atom stereocenters. The number of aromatic amines is 1. The topological polar surface area (TPSA) is 92.2 Å². The van der Waals surface area contributed by atoms with Crippen LogP contribution < -0.4 is 16.0 Å². The lowest BCUT2D eigenvalue weighted by Crippen LogP contribution is -2.53. The number of nitrogens with two attached hydrogens (primary N) is 1. The molecule has 0 bridgehead atoms. The molecular weight excluding hydrogens is 218 g/mol. The number of ether oxygens (including phenoxy) is 1. The van der Waals surface area contributed by atoms with Gasteiger partial charge in [-0.05, 0) is 0 Å². The molecule has 1 aromatic rings. The van der Waals surface area contributed by atoms with Crippen LogP contribution in [-0.4, -0.2) is 28.7 Å². The van der Waals surface area contributed by atoms with Gasteiger partial charge in [-0.2, -0.15) is 14.3 Å². The van der Waals surface area contributed by atoms with Crippen LogP contribution in [0, 0.1) is 0 Å². The molecule has 0 radical (unpaired) electrons. The van der Waals surface area contributed by atoms with Crippen molar-refractivity contribution < 1.29 is 14.4 Å². The highest BCUT2D eigenvalue weighted by molar-refractivity contribution is 7.99. The summed E-state index contributed by atoms with van der Waals surface area (Å²) in [6.45, 7) is 0.363. The Hall–Kier alpha value is -1.05. The van der Waals surface area contributed by atoms with Crippen molar-refractivity contribution in [2.45, 2.75) is 10.8 Å². The third kappa shape index (κ3) is 2.14. The summed E-state index contributed by atoms with van der Waals surface area (Å²) in [5.74, 6) is 0.332. The SMILES string of the molecule is Nc1cc[n+]([C@@H]2CO[C@H](CO)S2)c(=O)[nH]1. The molecule has 1 aromatic heterocycles. The van der Waals surface area contributed by atoms with Crippen molar-refractivity contribution in [3.63, 3.8) is 0 Å². The minimum atomic E-state index is -0.269. The molecule has 15 heavy (non-hydrogen) atoms. The van der Waals surface area contributed by atoms with E-state index in [1.807, 2.05) is 0 Å². The van der Waals surface area contributed by atoms with Crippen molar-refractivity contribution in [2.75, 3.05) is 18.9 Å². The molecule has 0 saturated carbocycles. The van der Waals surface area contributed by atoms with Crippen molar-refractivity contribution in [3.05, 3.63) is 22.7 Å². The predicted octanol–water partition coefficient (Wildman–Crippen LogP) is -1.18. The van der Waals surface area contributed by atoms with Gasteiger partial charge in [0.25, 0.3) is 0 Å². The molecule has 0 unspecified atom stereocenters. The zero-order valence-electron chi connectivity index (χ0n) is 7.92. The van der Waals surface area contributed by atoms with E-state index in [1.165, 1.54) is 16.3 Å². The Morgan fingerprint density at radius 3 is 3.20 bits per heavy atom. The summed E-state index contributed by atoms with van der Waals surface area (Å²) in [5, 5.41) is 8.78. The molecule has 1 saturated heterocycles. The van der Waals surface area contributed by atoms with E-state index in [4.69, 9.17) is 15.6 Å². The van der Waals surface area contributed by atoms with Gasteiger partial charge in [0.2, 0.25) is 0 Å². The van der Waals surface area contributed by atoms with E-state index in [9.17, 15) is 4.79 Å². The second kappa shape index (κ2) is 4.21. The largest absolute Gasteiger partial charge is 0.498 e. The summed E-state index contributed by atoms with van der Waals surface area (Å²) in [6.07, 6.45) is 1.62. The van der Waals surface area contributed by atoms with Gasteiger partial charge < -0.3 is 15.6 Å². The van der Waals surface area contributed by atoms with E-state index < -0.39 is 0 Å². The van der Waals surface area contributed by atoms with Gasteiger partial charge in [-0.1, -0.05) is 11.8 Å². The molecule has 82 valence electrons. The molecule has 6 nitrogen and oxygen atoms in total. The highest BCUT2D eigenvalue weighted by atomic mass is 32.2. The number of rotatable bonds is 2. The lowest BCUT2D eigenvalue weighted by molar-refractivity contribution is -0.716. The average molecular weight is 230 g/mol. The number of aliphatic hydroxyl groups is 1. The van der Waals surface area contributed by atoms with Crippen molar-refractivity contribution in [2.24, 2.45) is 0 Å². The van der Waals surface area contributed by atoms with E-state index in [0.29, 0.717) is 12.4 Å². The number of thioether (sulfide) groups is 1. The van der Waals surface area contributed by atoms with Crippen LogP contribution in [0.1, 0.15) is 5.37 Å². The lowest BCUT2D eigenvalue weighted by atomic mass is 10.5. The van der Waals surface area contributed by atoms with Crippen LogP contribution in [-0.2, 0) is 4.74 Å². The molecule has 0 aliphatic carbocycles. The molecule has 1 fully saturated rings. The Kier molecular flexibility index (Phi) is 2.94. The van der Waals surface area contributed by atoms with Gasteiger partial charge in [0, 0.05) is 6.07 Å². The Labute approximate surface area is 90.1 Å². The van der Waals surface area contributed by atoms with E-state index in [1.54, 1.807) is 12.3 Å². The minimum Gasteiger partial charge on any atom is -0.393 e. The maximum absolute atomic E-state index is 11.5. The quantitative estimate of drug-likeness (QED) is 0.556. The number of aromatic nitrogens is 2. The fourth-order valence-electron chi connectivity index (χ4n) is 1.37. The number of nitrogens with zero attached hydrogens (tertiary/aromatic N) is 1. The van der Waals surface area contributed by atoms with Crippen molar-refractivity contribution in [3.8, 4) is 0 Å². The molecule has 0 amide bonds. The molecule has 0 spiro atoms. The molecule has 4 N–H and O–H groups in total. The summed E-state index contributed by atoms with van der Waals surface area (Å²) < 4.78 is 6.77. The second-order valence-corrected chi connectivity index (χ2v) is 4.49. The van der Waals surface area contributed by atoms with Crippen LogP contribution in [0.3, 0.4) is 0 Å². The Balaban J connectivity index is 2.20. The Morgan fingerprint density at radius 1 is 1.80 bits per heavy atom. The smallest absolute Gasteiger partial charge is 0.393 e. The van der Waals surface area contributed by atoms with Gasteiger partial charge in [0.05, 0.1) is 13.2 Å². The standard InChI is InChI=1S/C8H11N3O3S/c9-5-1-2-11(8(13)10-5)6-4-14-7(3-12)15-6/h1-2,6-7,12H,3-4H2,(H2,9,10,13)/p+1/t6-,7-/m0/s1. The van der Waals surface area contributed by atoms with E-state index in [-0.39, 0.29) is 23.1 Å². The normalized spacial score (nSPS) is 25.7. The van der Waals surface area contributed by atoms with Crippen molar-refractivity contribution >= 4 is 17.6 Å². The minimum absolute atomic E-state index is 0.0470. The van der Waals surface area contributed by atoms with Gasteiger partial charge >= 0.3 is 5.69 Å². The molecule has 1 aliphatic rings. The fourth-order valence-corrected chi connectivity index (χ4v) is 2.42. The summed E-state index contributed by atoms with van der Waals surface area (Å²) >= 11 is 1.41. The summed E-state index contributed by atoms with van der Waals surface area (Å²) in [4.78, 5) is 14.0. The van der Waals surface area contributed by atoms with Crippen LogP contribution in [0.4, 0.5) is 5.82 Å². The highest BCUT2D eigenvalue weighted by Crippen LogP contribution is 2.30. The van der Waals surface area contributed by atoms with Crippen molar-refractivity contribution in [1.29, 1.82) is 0 Å². The third-order valence-electron chi connectivity index (χ3n) is 2.09. The maximum atomic E-state index is 11.5. The monoisotopic (exact) mass is 230 g/mol. The Bertz CT molecular complexity index is 408. The molecular formula is C8H12N3O3S+. The zero-order valence-corrected chi connectivity index (χ0v) is 8.74. The van der Waals surface area contributed by atoms with Gasteiger partial charge in [-0.25, -0.2) is 0 Å². The molecule has 0 aromatic carbocycles. The summed E-state index contributed by atoms with van der Waals surface area (Å²) in [6, 6.07) is 1.62. The maximum Gasteiger partial charge on any atom is 0.498 e. The Morgan fingerprint density at radius 2 is 2.60 bits per heavy atom. The van der Waals surface area contributed by atoms with E-state index in [2.05, 4.69) is 4.98 Å². The van der Waals surface area contributed by atoms with Crippen LogP contribution in [0.15, 0.2) is 17.1 Å². The first-order chi connectivity index (χ1) is 7.20. The van der Waals surface area contributed by atoms with Gasteiger partial charge in [0.1, 0.15) is 11.6 Å². The molecule has 2 heterocycles. The van der Waals surface area contributed by atoms with Crippen LogP contribution in [0.2, 0.25) is 0 Å². The average Bonchev–Trinajstić information content (AvgIpc) is 2.66. The summed E-state index contributed by atoms with van der Waals surface area (Å²) in [7, 11) is 0. The van der Waals surface area contributed by atoms with E-state index >= 15 is 0 Å². The summed E-state index contributed by atoms with van der Waals surface area (Å²) in [5.41, 5.74) is 4.91.